The van der Waals surface area contributed by atoms with Crippen LogP contribution in [0.25, 0.3) is 6.08 Å². The van der Waals surface area contributed by atoms with E-state index in [-0.39, 0.29) is 5.57 Å². The predicted molar refractivity (Wildman–Crippen MR) is 98.1 cm³/mol. The number of carbonyl (C=O) groups excluding carboxylic acids is 1. The van der Waals surface area contributed by atoms with Gasteiger partial charge in [0.2, 0.25) is 0 Å². The van der Waals surface area contributed by atoms with E-state index in [1.807, 2.05) is 60.7 Å². The molecule has 2 aromatic rings. The van der Waals surface area contributed by atoms with Crippen molar-refractivity contribution < 1.29 is 9.53 Å². The number of nitrogens with zero attached hydrogens (tertiary/aromatic N) is 2. The molecule has 1 saturated heterocycles. The molecule has 126 valence electrons. The Labute approximate surface area is 147 Å². The van der Waals surface area contributed by atoms with Gasteiger partial charge in [0, 0.05) is 24.5 Å². The summed E-state index contributed by atoms with van der Waals surface area (Å²) in [6, 6.07) is 18.9. The van der Waals surface area contributed by atoms with Crippen molar-refractivity contribution in [3.8, 4) is 6.07 Å². The zero-order valence-corrected chi connectivity index (χ0v) is 13.8. The molecule has 0 radical (unpaired) electrons. The molecule has 5 nitrogen and oxygen atoms in total. The van der Waals surface area contributed by atoms with E-state index in [4.69, 9.17) is 4.74 Å². The van der Waals surface area contributed by atoms with E-state index in [0.717, 1.165) is 37.6 Å². The lowest BCUT2D eigenvalue weighted by molar-refractivity contribution is -0.112. The molecule has 1 amide bonds. The van der Waals surface area contributed by atoms with Gasteiger partial charge < -0.3 is 15.0 Å². The van der Waals surface area contributed by atoms with E-state index in [1.54, 1.807) is 6.08 Å². The number of hydrogen-bond acceptors (Lipinski definition) is 4. The van der Waals surface area contributed by atoms with Gasteiger partial charge in [0.1, 0.15) is 11.6 Å². The van der Waals surface area contributed by atoms with Crippen molar-refractivity contribution in [3.05, 3.63) is 65.7 Å². The van der Waals surface area contributed by atoms with Gasteiger partial charge in [-0.3, -0.25) is 4.79 Å². The van der Waals surface area contributed by atoms with Crippen molar-refractivity contribution in [3.63, 3.8) is 0 Å². The third kappa shape index (κ3) is 4.46. The molecule has 0 unspecified atom stereocenters. The lowest BCUT2D eigenvalue weighted by Gasteiger charge is -2.28. The molecule has 1 aliphatic rings. The minimum atomic E-state index is -0.412. The van der Waals surface area contributed by atoms with Gasteiger partial charge in [-0.05, 0) is 35.9 Å². The number of ether oxygens (including phenoxy) is 1. The van der Waals surface area contributed by atoms with Crippen molar-refractivity contribution in [2.75, 3.05) is 36.5 Å². The average molecular weight is 333 g/mol. The molecule has 25 heavy (non-hydrogen) atoms. The van der Waals surface area contributed by atoms with Gasteiger partial charge >= 0.3 is 0 Å². The highest BCUT2D eigenvalue weighted by Gasteiger charge is 2.12. The summed E-state index contributed by atoms with van der Waals surface area (Å²) in [5.41, 5.74) is 2.65. The van der Waals surface area contributed by atoms with Crippen LogP contribution < -0.4 is 10.2 Å². The zero-order chi connectivity index (χ0) is 17.5. The largest absolute Gasteiger partial charge is 0.378 e. The van der Waals surface area contributed by atoms with Crippen molar-refractivity contribution in [1.29, 1.82) is 5.26 Å². The number of benzene rings is 2. The van der Waals surface area contributed by atoms with E-state index in [0.29, 0.717) is 5.69 Å². The summed E-state index contributed by atoms with van der Waals surface area (Å²) in [6.45, 7) is 3.19. The summed E-state index contributed by atoms with van der Waals surface area (Å²) >= 11 is 0. The Morgan fingerprint density at radius 1 is 1.08 bits per heavy atom. The number of hydrogen-bond donors (Lipinski definition) is 1. The summed E-state index contributed by atoms with van der Waals surface area (Å²) in [7, 11) is 0. The minimum Gasteiger partial charge on any atom is -0.378 e. The Morgan fingerprint density at radius 3 is 2.40 bits per heavy atom. The monoisotopic (exact) mass is 333 g/mol. The summed E-state index contributed by atoms with van der Waals surface area (Å²) in [5, 5.41) is 12.0. The second-order valence-corrected chi connectivity index (χ2v) is 5.68. The summed E-state index contributed by atoms with van der Waals surface area (Å²) in [6.07, 6.45) is 1.58. The predicted octanol–water partition coefficient (Wildman–Crippen LogP) is 3.07. The first-order valence-corrected chi connectivity index (χ1v) is 8.17. The van der Waals surface area contributed by atoms with Gasteiger partial charge in [0.15, 0.2) is 0 Å². The molecule has 0 spiro atoms. The van der Waals surface area contributed by atoms with Crippen molar-refractivity contribution in [2.45, 2.75) is 0 Å². The van der Waals surface area contributed by atoms with E-state index in [2.05, 4.69) is 10.2 Å². The molecule has 1 fully saturated rings. The van der Waals surface area contributed by atoms with Crippen molar-refractivity contribution in [2.24, 2.45) is 0 Å². The highest BCUT2D eigenvalue weighted by Crippen LogP contribution is 2.19. The molecule has 0 aromatic heterocycles. The Balaban J connectivity index is 1.67. The molecule has 0 aliphatic carbocycles. The van der Waals surface area contributed by atoms with Gasteiger partial charge in [-0.15, -0.1) is 0 Å². The van der Waals surface area contributed by atoms with Gasteiger partial charge in [-0.1, -0.05) is 30.3 Å². The molecule has 3 rings (SSSR count). The summed E-state index contributed by atoms with van der Waals surface area (Å²) in [4.78, 5) is 14.5. The summed E-state index contributed by atoms with van der Waals surface area (Å²) < 4.78 is 5.35. The number of morpholine rings is 1. The maximum absolute atomic E-state index is 12.3. The van der Waals surface area contributed by atoms with Crippen LogP contribution in [0.2, 0.25) is 0 Å². The van der Waals surface area contributed by atoms with Crippen LogP contribution in [0.4, 0.5) is 11.4 Å². The first-order chi connectivity index (χ1) is 12.3. The molecule has 0 atom stereocenters. The van der Waals surface area contributed by atoms with Crippen LogP contribution in [-0.4, -0.2) is 32.2 Å². The number of amides is 1. The zero-order valence-electron chi connectivity index (χ0n) is 13.8. The third-order valence-corrected chi connectivity index (χ3v) is 3.98. The van der Waals surface area contributed by atoms with Gasteiger partial charge in [0.25, 0.3) is 5.91 Å². The molecule has 0 bridgehead atoms. The standard InChI is InChI=1S/C20H19N3O2/c21-15-17(14-16-4-2-1-3-5-16)20(24)22-18-6-8-19(9-7-18)23-10-12-25-13-11-23/h1-9,14H,10-13H2,(H,22,24). The Morgan fingerprint density at radius 2 is 1.76 bits per heavy atom. The quantitative estimate of drug-likeness (QED) is 0.690. The molecule has 2 aromatic carbocycles. The van der Waals surface area contributed by atoms with Crippen LogP contribution in [0.15, 0.2) is 60.2 Å². The Bertz CT molecular complexity index is 786. The molecule has 0 saturated carbocycles. The second-order valence-electron chi connectivity index (χ2n) is 5.68. The maximum Gasteiger partial charge on any atom is 0.266 e. The fraction of sp³-hybridized carbons (Fsp3) is 0.200. The van der Waals surface area contributed by atoms with Crippen molar-refractivity contribution >= 4 is 23.4 Å². The molecular weight excluding hydrogens is 314 g/mol. The van der Waals surface area contributed by atoms with Gasteiger partial charge in [-0.2, -0.15) is 5.26 Å². The number of nitrogens with one attached hydrogen (secondary N) is 1. The second kappa shape index (κ2) is 8.13. The summed E-state index contributed by atoms with van der Waals surface area (Å²) in [5.74, 6) is -0.412. The smallest absolute Gasteiger partial charge is 0.266 e. The average Bonchev–Trinajstić information content (AvgIpc) is 2.68. The van der Waals surface area contributed by atoms with Gasteiger partial charge in [-0.25, -0.2) is 0 Å². The number of carbonyl (C=O) groups is 1. The number of nitriles is 1. The van der Waals surface area contributed by atoms with E-state index in [1.165, 1.54) is 0 Å². The van der Waals surface area contributed by atoms with Crippen LogP contribution >= 0.6 is 0 Å². The van der Waals surface area contributed by atoms with Crippen LogP contribution in [0.3, 0.4) is 0 Å². The number of anilines is 2. The lowest BCUT2D eigenvalue weighted by Crippen LogP contribution is -2.36. The number of rotatable bonds is 4. The van der Waals surface area contributed by atoms with Crippen LogP contribution in [0, 0.1) is 11.3 Å². The van der Waals surface area contributed by atoms with E-state index >= 15 is 0 Å². The van der Waals surface area contributed by atoms with Crippen LogP contribution in [0.1, 0.15) is 5.56 Å². The van der Waals surface area contributed by atoms with Crippen LogP contribution in [0.5, 0.6) is 0 Å². The lowest BCUT2D eigenvalue weighted by atomic mass is 10.1. The van der Waals surface area contributed by atoms with E-state index < -0.39 is 5.91 Å². The van der Waals surface area contributed by atoms with Gasteiger partial charge in [0.05, 0.1) is 13.2 Å². The maximum atomic E-state index is 12.3. The highest BCUT2D eigenvalue weighted by atomic mass is 16.5. The Kier molecular flexibility index (Phi) is 5.45. The molecule has 1 heterocycles. The fourth-order valence-electron chi connectivity index (χ4n) is 2.64. The minimum absolute atomic E-state index is 0.0726. The molecular formula is C20H19N3O2. The fourth-order valence-corrected chi connectivity index (χ4v) is 2.64. The van der Waals surface area contributed by atoms with E-state index in [9.17, 15) is 10.1 Å². The normalized spacial score (nSPS) is 14.7. The molecule has 5 heteroatoms. The first kappa shape index (κ1) is 16.7. The molecule has 1 N–H and O–H groups in total. The molecule has 1 aliphatic heterocycles. The third-order valence-electron chi connectivity index (χ3n) is 3.98. The highest BCUT2D eigenvalue weighted by molar-refractivity contribution is 6.09. The topological polar surface area (TPSA) is 65.4 Å². The van der Waals surface area contributed by atoms with Crippen LogP contribution in [-0.2, 0) is 9.53 Å². The Hall–Kier alpha value is -3.10. The van der Waals surface area contributed by atoms with Crippen molar-refractivity contribution in [1.82, 2.24) is 0 Å². The first-order valence-electron chi connectivity index (χ1n) is 8.17. The SMILES string of the molecule is N#CC(=Cc1ccccc1)C(=O)Nc1ccc(N2CCOCC2)cc1.